The van der Waals surface area contributed by atoms with Crippen LogP contribution in [0.4, 0.5) is 5.82 Å². The molecule has 1 aliphatic rings. The monoisotopic (exact) mass is 298 g/mol. The molecule has 0 spiro atoms. The molecule has 2 heterocycles. The first-order chi connectivity index (χ1) is 10.7. The molecule has 2 aromatic rings. The maximum atomic E-state index is 11.6. The van der Waals surface area contributed by atoms with Crippen LogP contribution >= 0.6 is 0 Å². The van der Waals surface area contributed by atoms with Gasteiger partial charge in [0.15, 0.2) is 6.29 Å². The number of nitrogens with zero attached hydrogens (tertiary/aromatic N) is 4. The highest BCUT2D eigenvalue weighted by Gasteiger charge is 2.24. The second-order valence-electron chi connectivity index (χ2n) is 5.61. The van der Waals surface area contributed by atoms with Gasteiger partial charge >= 0.3 is 0 Å². The minimum atomic E-state index is 0.703. The van der Waals surface area contributed by atoms with Crippen molar-refractivity contribution in [3.05, 3.63) is 41.6 Å². The SMILES string of the molecule is CCN1CCN(c2c(C=O)c(C)nn2-c2ccccc2)CC1. The fourth-order valence-electron chi connectivity index (χ4n) is 2.99. The van der Waals surface area contributed by atoms with E-state index in [0.29, 0.717) is 5.56 Å². The maximum absolute atomic E-state index is 11.6. The van der Waals surface area contributed by atoms with Crippen molar-refractivity contribution in [2.75, 3.05) is 37.6 Å². The lowest BCUT2D eigenvalue weighted by atomic mass is 10.2. The van der Waals surface area contributed by atoms with Gasteiger partial charge in [-0.05, 0) is 25.6 Å². The second kappa shape index (κ2) is 6.32. The Bertz CT molecular complexity index is 642. The molecule has 0 radical (unpaired) electrons. The first kappa shape index (κ1) is 14.8. The van der Waals surface area contributed by atoms with E-state index >= 15 is 0 Å². The summed E-state index contributed by atoms with van der Waals surface area (Å²) >= 11 is 0. The van der Waals surface area contributed by atoms with Crippen LogP contribution in [0.15, 0.2) is 30.3 Å². The molecule has 116 valence electrons. The van der Waals surface area contributed by atoms with Gasteiger partial charge in [0, 0.05) is 26.2 Å². The fraction of sp³-hybridized carbons (Fsp3) is 0.412. The Balaban J connectivity index is 2.00. The van der Waals surface area contributed by atoms with E-state index in [9.17, 15) is 4.79 Å². The Morgan fingerprint density at radius 1 is 1.14 bits per heavy atom. The van der Waals surface area contributed by atoms with Crippen molar-refractivity contribution in [1.82, 2.24) is 14.7 Å². The molecule has 3 rings (SSSR count). The van der Waals surface area contributed by atoms with E-state index in [0.717, 1.165) is 56.2 Å². The van der Waals surface area contributed by atoms with Crippen LogP contribution in [-0.4, -0.2) is 53.7 Å². The molecule has 0 saturated carbocycles. The molecule has 1 aromatic carbocycles. The zero-order valence-corrected chi connectivity index (χ0v) is 13.2. The van der Waals surface area contributed by atoms with Gasteiger partial charge in [0.25, 0.3) is 0 Å². The smallest absolute Gasteiger partial charge is 0.155 e. The van der Waals surface area contributed by atoms with Crippen molar-refractivity contribution >= 4 is 12.1 Å². The van der Waals surface area contributed by atoms with Crippen LogP contribution < -0.4 is 4.90 Å². The summed E-state index contributed by atoms with van der Waals surface area (Å²) in [4.78, 5) is 16.3. The van der Waals surface area contributed by atoms with Gasteiger partial charge < -0.3 is 9.80 Å². The lowest BCUT2D eigenvalue weighted by Crippen LogP contribution is -2.47. The third-order valence-corrected chi connectivity index (χ3v) is 4.32. The van der Waals surface area contributed by atoms with Crippen molar-refractivity contribution in [1.29, 1.82) is 0 Å². The summed E-state index contributed by atoms with van der Waals surface area (Å²) in [7, 11) is 0. The van der Waals surface area contributed by atoms with Crippen LogP contribution in [0.1, 0.15) is 23.0 Å². The Kier molecular flexibility index (Phi) is 4.24. The van der Waals surface area contributed by atoms with Crippen LogP contribution in [0.5, 0.6) is 0 Å². The molecular weight excluding hydrogens is 276 g/mol. The van der Waals surface area contributed by atoms with Gasteiger partial charge in [-0.1, -0.05) is 25.1 Å². The molecule has 0 bridgehead atoms. The lowest BCUT2D eigenvalue weighted by Gasteiger charge is -2.35. The molecule has 0 atom stereocenters. The topological polar surface area (TPSA) is 41.4 Å². The predicted molar refractivity (Wildman–Crippen MR) is 88.0 cm³/mol. The summed E-state index contributed by atoms with van der Waals surface area (Å²) in [6, 6.07) is 10.0. The number of carbonyl (C=O) groups excluding carboxylic acids is 1. The van der Waals surface area contributed by atoms with E-state index in [1.54, 1.807) is 0 Å². The number of anilines is 1. The van der Waals surface area contributed by atoms with Crippen LogP contribution in [0.25, 0.3) is 5.69 Å². The largest absolute Gasteiger partial charge is 0.353 e. The molecule has 1 saturated heterocycles. The number of piperazine rings is 1. The summed E-state index contributed by atoms with van der Waals surface area (Å²) in [6.07, 6.45) is 0.934. The van der Waals surface area contributed by atoms with Crippen molar-refractivity contribution in [3.63, 3.8) is 0 Å². The molecule has 0 aliphatic carbocycles. The van der Waals surface area contributed by atoms with Crippen LogP contribution in [-0.2, 0) is 0 Å². The van der Waals surface area contributed by atoms with Gasteiger partial charge in [-0.25, -0.2) is 4.68 Å². The van der Waals surface area contributed by atoms with Crippen molar-refractivity contribution in [3.8, 4) is 5.69 Å². The first-order valence-corrected chi connectivity index (χ1v) is 7.82. The third-order valence-electron chi connectivity index (χ3n) is 4.32. The van der Waals surface area contributed by atoms with Crippen LogP contribution in [0, 0.1) is 6.92 Å². The molecule has 5 nitrogen and oxygen atoms in total. The molecular formula is C17H22N4O. The zero-order valence-electron chi connectivity index (χ0n) is 13.2. The average molecular weight is 298 g/mol. The lowest BCUT2D eigenvalue weighted by molar-refractivity contribution is 0.112. The van der Waals surface area contributed by atoms with Gasteiger partial charge in [-0.3, -0.25) is 4.79 Å². The van der Waals surface area contributed by atoms with E-state index in [1.807, 2.05) is 41.9 Å². The molecule has 1 fully saturated rings. The third kappa shape index (κ3) is 2.64. The van der Waals surface area contributed by atoms with Crippen molar-refractivity contribution < 1.29 is 4.79 Å². The van der Waals surface area contributed by atoms with E-state index in [-0.39, 0.29) is 0 Å². The van der Waals surface area contributed by atoms with E-state index < -0.39 is 0 Å². The molecule has 0 amide bonds. The quantitative estimate of drug-likeness (QED) is 0.811. The number of aryl methyl sites for hydroxylation is 1. The normalized spacial score (nSPS) is 16.0. The molecule has 1 aromatic heterocycles. The number of likely N-dealkylation sites (N-methyl/N-ethyl adjacent to an activating group) is 1. The van der Waals surface area contributed by atoms with Gasteiger partial charge in [-0.2, -0.15) is 5.10 Å². The molecule has 0 unspecified atom stereocenters. The fourth-order valence-corrected chi connectivity index (χ4v) is 2.99. The van der Waals surface area contributed by atoms with E-state index in [1.165, 1.54) is 0 Å². The summed E-state index contributed by atoms with van der Waals surface area (Å²) in [6.45, 7) is 9.05. The standard InChI is InChI=1S/C17H22N4O/c1-3-19-9-11-20(12-10-19)17-16(13-22)14(2)18-21(17)15-7-5-4-6-8-15/h4-8,13H,3,9-12H2,1-2H3. The minimum Gasteiger partial charge on any atom is -0.353 e. The van der Waals surface area contributed by atoms with Crippen LogP contribution in [0.3, 0.4) is 0 Å². The van der Waals surface area contributed by atoms with Crippen molar-refractivity contribution in [2.24, 2.45) is 0 Å². The number of hydrogen-bond donors (Lipinski definition) is 0. The average Bonchev–Trinajstić information content (AvgIpc) is 2.92. The van der Waals surface area contributed by atoms with Gasteiger partial charge in [-0.15, -0.1) is 0 Å². The maximum Gasteiger partial charge on any atom is 0.155 e. The predicted octanol–water partition coefficient (Wildman–Crippen LogP) is 2.14. The highest BCUT2D eigenvalue weighted by molar-refractivity contribution is 5.85. The number of aldehydes is 1. The number of para-hydroxylation sites is 1. The Morgan fingerprint density at radius 3 is 2.41 bits per heavy atom. The van der Waals surface area contributed by atoms with Crippen molar-refractivity contribution in [2.45, 2.75) is 13.8 Å². The number of benzene rings is 1. The van der Waals surface area contributed by atoms with E-state index in [4.69, 9.17) is 0 Å². The molecule has 0 N–H and O–H groups in total. The van der Waals surface area contributed by atoms with Gasteiger partial charge in [0.2, 0.25) is 0 Å². The molecule has 1 aliphatic heterocycles. The highest BCUT2D eigenvalue weighted by atomic mass is 16.1. The Hall–Kier alpha value is -2.14. The molecule has 5 heteroatoms. The first-order valence-electron chi connectivity index (χ1n) is 7.82. The number of aromatic nitrogens is 2. The minimum absolute atomic E-state index is 0.703. The Morgan fingerprint density at radius 2 is 1.82 bits per heavy atom. The number of rotatable bonds is 4. The summed E-state index contributed by atoms with van der Waals surface area (Å²) in [5.74, 6) is 0.925. The molecule has 22 heavy (non-hydrogen) atoms. The summed E-state index contributed by atoms with van der Waals surface area (Å²) in [5, 5.41) is 4.60. The zero-order chi connectivity index (χ0) is 15.5. The number of carbonyl (C=O) groups is 1. The van der Waals surface area contributed by atoms with Gasteiger partial charge in [0.05, 0.1) is 16.9 Å². The second-order valence-corrected chi connectivity index (χ2v) is 5.61. The van der Waals surface area contributed by atoms with E-state index in [2.05, 4.69) is 21.8 Å². The highest BCUT2D eigenvalue weighted by Crippen LogP contribution is 2.27. The Labute approximate surface area is 131 Å². The number of hydrogen-bond acceptors (Lipinski definition) is 4. The summed E-state index contributed by atoms with van der Waals surface area (Å²) < 4.78 is 1.90. The van der Waals surface area contributed by atoms with Gasteiger partial charge in [0.1, 0.15) is 5.82 Å². The van der Waals surface area contributed by atoms with Crippen LogP contribution in [0.2, 0.25) is 0 Å². The summed E-state index contributed by atoms with van der Waals surface area (Å²) in [5.41, 5.74) is 2.48.